The normalized spacial score (nSPS) is 14.8. The molecule has 0 bridgehead atoms. The van der Waals surface area contributed by atoms with Gasteiger partial charge < -0.3 is 15.8 Å². The van der Waals surface area contributed by atoms with E-state index < -0.39 is 21.5 Å². The number of rotatable bonds is 6. The van der Waals surface area contributed by atoms with Crippen LogP contribution in [-0.4, -0.2) is 33.7 Å². The van der Waals surface area contributed by atoms with Gasteiger partial charge in [-0.1, -0.05) is 0 Å². The molecule has 6 nitrogen and oxygen atoms in total. The fourth-order valence-corrected chi connectivity index (χ4v) is 3.12. The number of hydrogen-bond acceptors (Lipinski definition) is 5. The van der Waals surface area contributed by atoms with Crippen molar-refractivity contribution in [2.24, 2.45) is 5.92 Å². The van der Waals surface area contributed by atoms with Crippen LogP contribution in [0.2, 0.25) is 0 Å². The van der Waals surface area contributed by atoms with Gasteiger partial charge in [0.15, 0.2) is 9.84 Å². The Morgan fingerprint density at radius 1 is 1.45 bits per heavy atom. The first kappa shape index (κ1) is 14.6. The summed E-state index contributed by atoms with van der Waals surface area (Å²) in [7, 11) is -2.33. The molecule has 20 heavy (non-hydrogen) atoms. The number of sulfone groups is 1. The largest absolute Gasteiger partial charge is 0.497 e. The summed E-state index contributed by atoms with van der Waals surface area (Å²) >= 11 is 0. The SMILES string of the molecule is COc1ccc(N)c(S(=O)(=O)CC(=O)NCC2CC2)c1. The van der Waals surface area contributed by atoms with Crippen LogP contribution in [0.15, 0.2) is 23.1 Å². The fraction of sp³-hybridized carbons (Fsp3) is 0.462. The Morgan fingerprint density at radius 3 is 2.75 bits per heavy atom. The molecule has 0 unspecified atom stereocenters. The minimum atomic E-state index is -3.77. The molecule has 3 N–H and O–H groups in total. The third kappa shape index (κ3) is 3.63. The number of carbonyl (C=O) groups excluding carboxylic acids is 1. The summed E-state index contributed by atoms with van der Waals surface area (Å²) in [6, 6.07) is 4.36. The number of benzene rings is 1. The highest BCUT2D eigenvalue weighted by Crippen LogP contribution is 2.28. The molecule has 1 aromatic rings. The minimum absolute atomic E-state index is 0.0709. The second-order valence-electron chi connectivity index (χ2n) is 4.91. The molecule has 0 aromatic heterocycles. The molecule has 1 fully saturated rings. The highest BCUT2D eigenvalue weighted by molar-refractivity contribution is 7.92. The molecule has 1 saturated carbocycles. The molecular formula is C13H18N2O4S. The number of nitrogens with one attached hydrogen (secondary N) is 1. The van der Waals surface area contributed by atoms with Crippen molar-refractivity contribution in [1.29, 1.82) is 0 Å². The summed E-state index contributed by atoms with van der Waals surface area (Å²) in [6.07, 6.45) is 2.19. The molecule has 2 rings (SSSR count). The van der Waals surface area contributed by atoms with Crippen molar-refractivity contribution < 1.29 is 17.9 Å². The van der Waals surface area contributed by atoms with Crippen LogP contribution in [0.25, 0.3) is 0 Å². The first-order valence-corrected chi connectivity index (χ1v) is 8.00. The number of ether oxygens (including phenoxy) is 1. The highest BCUT2D eigenvalue weighted by Gasteiger charge is 2.25. The van der Waals surface area contributed by atoms with E-state index in [9.17, 15) is 13.2 Å². The van der Waals surface area contributed by atoms with Gasteiger partial charge in [0, 0.05) is 12.6 Å². The van der Waals surface area contributed by atoms with Gasteiger partial charge in [-0.3, -0.25) is 4.79 Å². The molecule has 0 aliphatic heterocycles. The summed E-state index contributed by atoms with van der Waals surface area (Å²) in [5.41, 5.74) is 5.78. The number of amides is 1. The van der Waals surface area contributed by atoms with E-state index in [1.165, 1.54) is 19.2 Å². The van der Waals surface area contributed by atoms with Crippen LogP contribution in [0.4, 0.5) is 5.69 Å². The van der Waals surface area contributed by atoms with Crippen LogP contribution in [0.5, 0.6) is 5.75 Å². The van der Waals surface area contributed by atoms with Gasteiger partial charge in [-0.15, -0.1) is 0 Å². The number of hydrogen-bond donors (Lipinski definition) is 2. The summed E-state index contributed by atoms with van der Waals surface area (Å²) < 4.78 is 29.4. The van der Waals surface area contributed by atoms with E-state index in [0.717, 1.165) is 12.8 Å². The third-order valence-electron chi connectivity index (χ3n) is 3.16. The molecule has 0 atom stereocenters. The molecule has 0 saturated heterocycles. The number of anilines is 1. The van der Waals surface area contributed by atoms with Crippen LogP contribution in [0, 0.1) is 5.92 Å². The molecule has 7 heteroatoms. The van der Waals surface area contributed by atoms with Crippen molar-refractivity contribution in [2.45, 2.75) is 17.7 Å². The average Bonchev–Trinajstić information content (AvgIpc) is 3.20. The molecule has 1 aliphatic rings. The third-order valence-corrected chi connectivity index (χ3v) is 4.83. The summed E-state index contributed by atoms with van der Waals surface area (Å²) in [4.78, 5) is 11.6. The van der Waals surface area contributed by atoms with Gasteiger partial charge in [0.2, 0.25) is 5.91 Å². The van der Waals surface area contributed by atoms with Crippen molar-refractivity contribution >= 4 is 21.4 Å². The Bertz CT molecular complexity index is 609. The van der Waals surface area contributed by atoms with Crippen molar-refractivity contribution in [1.82, 2.24) is 5.32 Å². The van der Waals surface area contributed by atoms with Crippen LogP contribution < -0.4 is 15.8 Å². The highest BCUT2D eigenvalue weighted by atomic mass is 32.2. The second kappa shape index (κ2) is 5.70. The molecule has 0 heterocycles. The van der Waals surface area contributed by atoms with Gasteiger partial charge in [0.1, 0.15) is 11.5 Å². The first-order chi connectivity index (χ1) is 9.42. The number of methoxy groups -OCH3 is 1. The van der Waals surface area contributed by atoms with E-state index in [-0.39, 0.29) is 10.6 Å². The molecule has 110 valence electrons. The van der Waals surface area contributed by atoms with E-state index in [0.29, 0.717) is 18.2 Å². The van der Waals surface area contributed by atoms with Gasteiger partial charge in [-0.2, -0.15) is 0 Å². The van der Waals surface area contributed by atoms with Crippen molar-refractivity contribution in [2.75, 3.05) is 25.1 Å². The topological polar surface area (TPSA) is 98.5 Å². The standard InChI is InChI=1S/C13H18N2O4S/c1-19-10-4-5-11(14)12(6-10)20(17,18)8-13(16)15-7-9-2-3-9/h4-6,9H,2-3,7-8,14H2,1H3,(H,15,16). The predicted molar refractivity (Wildman–Crippen MR) is 75.2 cm³/mol. The van der Waals surface area contributed by atoms with E-state index in [2.05, 4.69) is 5.32 Å². The van der Waals surface area contributed by atoms with Crippen molar-refractivity contribution in [3.63, 3.8) is 0 Å². The lowest BCUT2D eigenvalue weighted by Gasteiger charge is -2.09. The molecule has 1 amide bonds. The van der Waals surface area contributed by atoms with E-state index in [4.69, 9.17) is 10.5 Å². The monoisotopic (exact) mass is 298 g/mol. The Labute approximate surface area is 118 Å². The minimum Gasteiger partial charge on any atom is -0.497 e. The van der Waals surface area contributed by atoms with Crippen molar-refractivity contribution in [3.05, 3.63) is 18.2 Å². The molecular weight excluding hydrogens is 280 g/mol. The van der Waals surface area contributed by atoms with Crippen LogP contribution in [-0.2, 0) is 14.6 Å². The van der Waals surface area contributed by atoms with Crippen LogP contribution in [0.3, 0.4) is 0 Å². The zero-order valence-corrected chi connectivity index (χ0v) is 12.1. The maximum atomic E-state index is 12.2. The number of nitrogen functional groups attached to an aromatic ring is 1. The van der Waals surface area contributed by atoms with Crippen LogP contribution >= 0.6 is 0 Å². The molecule has 0 spiro atoms. The Hall–Kier alpha value is -1.76. The molecule has 1 aromatic carbocycles. The zero-order chi connectivity index (χ0) is 14.8. The lowest BCUT2D eigenvalue weighted by molar-refractivity contribution is -0.118. The summed E-state index contributed by atoms with van der Waals surface area (Å²) in [5, 5.41) is 2.63. The first-order valence-electron chi connectivity index (χ1n) is 6.35. The van der Waals surface area contributed by atoms with E-state index in [1.54, 1.807) is 6.07 Å². The van der Waals surface area contributed by atoms with Gasteiger partial charge in [-0.05, 0) is 30.9 Å². The lowest BCUT2D eigenvalue weighted by atomic mass is 10.3. The van der Waals surface area contributed by atoms with E-state index >= 15 is 0 Å². The fourth-order valence-electron chi connectivity index (χ4n) is 1.79. The van der Waals surface area contributed by atoms with Gasteiger partial charge in [0.05, 0.1) is 17.7 Å². The maximum absolute atomic E-state index is 12.2. The van der Waals surface area contributed by atoms with Crippen LogP contribution in [0.1, 0.15) is 12.8 Å². The molecule has 1 aliphatic carbocycles. The Morgan fingerprint density at radius 2 is 2.15 bits per heavy atom. The predicted octanol–water partition coefficient (Wildman–Crippen LogP) is 0.577. The number of carbonyl (C=O) groups is 1. The second-order valence-corrected chi connectivity index (χ2v) is 6.87. The summed E-state index contributed by atoms with van der Waals surface area (Å²) in [5.74, 6) is -0.212. The van der Waals surface area contributed by atoms with Gasteiger partial charge >= 0.3 is 0 Å². The lowest BCUT2D eigenvalue weighted by Crippen LogP contribution is -2.32. The zero-order valence-electron chi connectivity index (χ0n) is 11.3. The molecule has 0 radical (unpaired) electrons. The van der Waals surface area contributed by atoms with Crippen molar-refractivity contribution in [3.8, 4) is 5.75 Å². The van der Waals surface area contributed by atoms with Gasteiger partial charge in [0.25, 0.3) is 0 Å². The van der Waals surface area contributed by atoms with Gasteiger partial charge in [-0.25, -0.2) is 8.42 Å². The average molecular weight is 298 g/mol. The van der Waals surface area contributed by atoms with E-state index in [1.807, 2.05) is 0 Å². The number of nitrogens with two attached hydrogens (primary N) is 1. The quantitative estimate of drug-likeness (QED) is 0.748. The Kier molecular flexibility index (Phi) is 4.17. The Balaban J connectivity index is 2.10. The summed E-state index contributed by atoms with van der Waals surface area (Å²) in [6.45, 7) is 0.544. The maximum Gasteiger partial charge on any atom is 0.235 e. The smallest absolute Gasteiger partial charge is 0.235 e.